The molecule has 4 heterocycles. The number of carbonyl (C=O) groups is 1. The van der Waals surface area contributed by atoms with Gasteiger partial charge >= 0.3 is 5.97 Å². The third-order valence-electron chi connectivity index (χ3n) is 6.71. The molecule has 10 heteroatoms. The highest BCUT2D eigenvalue weighted by atomic mass is 19.1. The summed E-state index contributed by atoms with van der Waals surface area (Å²) in [7, 11) is 0. The van der Waals surface area contributed by atoms with E-state index in [1.54, 1.807) is 10.8 Å². The molecule has 0 amide bonds. The summed E-state index contributed by atoms with van der Waals surface area (Å²) in [5, 5.41) is 12.9. The smallest absolute Gasteiger partial charge is 0.341 e. The molecule has 0 saturated carbocycles. The maximum absolute atomic E-state index is 15.5. The van der Waals surface area contributed by atoms with Crippen LogP contribution in [-0.2, 0) is 0 Å². The molecule has 1 fully saturated rings. The summed E-state index contributed by atoms with van der Waals surface area (Å²) in [4.78, 5) is 30.8. The largest absolute Gasteiger partial charge is 0.487 e. The zero-order valence-electron chi connectivity index (χ0n) is 19.3. The summed E-state index contributed by atoms with van der Waals surface area (Å²) in [6, 6.07) is 0.832. The van der Waals surface area contributed by atoms with Crippen LogP contribution < -0.4 is 20.4 Å². The second-order valence-corrected chi connectivity index (χ2v) is 9.02. The van der Waals surface area contributed by atoms with Crippen LogP contribution >= 0.6 is 0 Å². The Labute approximate surface area is 195 Å². The molecule has 1 saturated heterocycles. The SMILES string of the molecule is CCNC(c1ncc(C)o1)C1CCN(c2c(F)cc3c(=O)c(C(=O)O)cn4c3c2OCC4C)C1. The van der Waals surface area contributed by atoms with Crippen molar-refractivity contribution in [3.05, 3.63) is 51.7 Å². The van der Waals surface area contributed by atoms with Crippen LogP contribution in [0.1, 0.15) is 54.4 Å². The van der Waals surface area contributed by atoms with E-state index >= 15 is 4.39 Å². The molecular formula is C24H27FN4O5. The van der Waals surface area contributed by atoms with E-state index in [0.717, 1.165) is 24.8 Å². The van der Waals surface area contributed by atoms with Gasteiger partial charge in [-0.1, -0.05) is 6.92 Å². The Morgan fingerprint density at radius 3 is 2.91 bits per heavy atom. The maximum Gasteiger partial charge on any atom is 0.341 e. The summed E-state index contributed by atoms with van der Waals surface area (Å²) >= 11 is 0. The van der Waals surface area contributed by atoms with Crippen LogP contribution in [-0.4, -0.2) is 46.9 Å². The number of hydrogen-bond donors (Lipinski definition) is 2. The lowest BCUT2D eigenvalue weighted by Gasteiger charge is -2.31. The molecule has 3 unspecified atom stereocenters. The summed E-state index contributed by atoms with van der Waals surface area (Å²) < 4.78 is 29.0. The minimum Gasteiger partial charge on any atom is -0.487 e. The summed E-state index contributed by atoms with van der Waals surface area (Å²) in [6.45, 7) is 7.85. The van der Waals surface area contributed by atoms with Crippen molar-refractivity contribution in [3.8, 4) is 5.75 Å². The van der Waals surface area contributed by atoms with Gasteiger partial charge in [0, 0.05) is 25.2 Å². The number of oxazole rings is 1. The van der Waals surface area contributed by atoms with Crippen molar-refractivity contribution >= 4 is 22.6 Å². The van der Waals surface area contributed by atoms with E-state index in [1.807, 2.05) is 25.7 Å². The van der Waals surface area contributed by atoms with Crippen LogP contribution in [0, 0.1) is 18.7 Å². The number of anilines is 1. The Balaban J connectivity index is 1.58. The van der Waals surface area contributed by atoms with Crippen molar-refractivity contribution in [3.63, 3.8) is 0 Å². The Morgan fingerprint density at radius 2 is 2.24 bits per heavy atom. The number of nitrogens with one attached hydrogen (secondary N) is 1. The molecule has 2 aromatic heterocycles. The van der Waals surface area contributed by atoms with Gasteiger partial charge in [-0.05, 0) is 32.9 Å². The minimum atomic E-state index is -1.33. The first kappa shape index (κ1) is 22.4. The van der Waals surface area contributed by atoms with Crippen LogP contribution in [0.4, 0.5) is 10.1 Å². The molecule has 0 spiro atoms. The monoisotopic (exact) mass is 470 g/mol. The molecule has 0 aliphatic carbocycles. The van der Waals surface area contributed by atoms with Gasteiger partial charge in [-0.2, -0.15) is 0 Å². The summed E-state index contributed by atoms with van der Waals surface area (Å²) in [5.74, 6) is -0.172. The van der Waals surface area contributed by atoms with Gasteiger partial charge < -0.3 is 29.0 Å². The van der Waals surface area contributed by atoms with E-state index in [4.69, 9.17) is 9.15 Å². The highest BCUT2D eigenvalue weighted by Gasteiger charge is 2.37. The first-order valence-electron chi connectivity index (χ1n) is 11.5. The molecule has 1 aromatic carbocycles. The molecule has 5 rings (SSSR count). The maximum atomic E-state index is 15.5. The lowest BCUT2D eigenvalue weighted by molar-refractivity contribution is 0.0694. The average Bonchev–Trinajstić information content (AvgIpc) is 3.44. The molecular weight excluding hydrogens is 443 g/mol. The fraction of sp³-hybridized carbons (Fsp3) is 0.458. The average molecular weight is 471 g/mol. The number of rotatable bonds is 6. The number of aromatic carboxylic acids is 1. The standard InChI is InChI=1S/C24H27FN4O5/c1-4-26-18(23-27-8-13(3)34-23)14-5-6-28(9-14)20-17(25)7-15-19-22(20)33-11-12(2)29(19)10-16(21(15)30)24(31)32/h7-8,10,12,14,18,26H,4-6,9,11H2,1-3H3,(H,31,32). The molecule has 0 radical (unpaired) electrons. The number of nitrogens with zero attached hydrogens (tertiary/aromatic N) is 3. The lowest BCUT2D eigenvalue weighted by atomic mass is 9.98. The first-order chi connectivity index (χ1) is 16.3. The van der Waals surface area contributed by atoms with Gasteiger partial charge in [0.2, 0.25) is 11.3 Å². The third-order valence-corrected chi connectivity index (χ3v) is 6.71. The van der Waals surface area contributed by atoms with Crippen molar-refractivity contribution in [2.24, 2.45) is 5.92 Å². The second kappa shape index (κ2) is 8.43. The fourth-order valence-electron chi connectivity index (χ4n) is 5.11. The normalized spacial score (nSPS) is 20.5. The molecule has 2 aliphatic rings. The molecule has 180 valence electrons. The highest BCUT2D eigenvalue weighted by molar-refractivity contribution is 5.97. The van der Waals surface area contributed by atoms with Gasteiger partial charge in [0.1, 0.15) is 23.6 Å². The summed E-state index contributed by atoms with van der Waals surface area (Å²) in [5.41, 5.74) is -0.360. The molecule has 2 N–H and O–H groups in total. The molecule has 0 bridgehead atoms. The van der Waals surface area contributed by atoms with Gasteiger partial charge in [0.15, 0.2) is 11.6 Å². The number of aromatic nitrogens is 2. The van der Waals surface area contributed by atoms with Crippen molar-refractivity contribution in [2.45, 2.75) is 39.3 Å². The van der Waals surface area contributed by atoms with E-state index < -0.39 is 17.2 Å². The number of benzene rings is 1. The predicted molar refractivity (Wildman–Crippen MR) is 123 cm³/mol. The highest BCUT2D eigenvalue weighted by Crippen LogP contribution is 2.44. The van der Waals surface area contributed by atoms with Crippen LogP contribution in [0.3, 0.4) is 0 Å². The zero-order valence-corrected chi connectivity index (χ0v) is 19.3. The van der Waals surface area contributed by atoms with E-state index in [-0.39, 0.29) is 41.3 Å². The van der Waals surface area contributed by atoms with Gasteiger partial charge in [0.25, 0.3) is 0 Å². The fourth-order valence-corrected chi connectivity index (χ4v) is 5.11. The van der Waals surface area contributed by atoms with Gasteiger partial charge in [-0.15, -0.1) is 0 Å². The molecule has 2 aliphatic heterocycles. The van der Waals surface area contributed by atoms with Crippen LogP contribution in [0.5, 0.6) is 5.75 Å². The number of ether oxygens (including phenoxy) is 1. The number of pyridine rings is 1. The van der Waals surface area contributed by atoms with Gasteiger partial charge in [-0.25, -0.2) is 14.2 Å². The van der Waals surface area contributed by atoms with Crippen molar-refractivity contribution in [1.29, 1.82) is 0 Å². The van der Waals surface area contributed by atoms with Gasteiger partial charge in [-0.3, -0.25) is 4.79 Å². The van der Waals surface area contributed by atoms with Crippen LogP contribution in [0.2, 0.25) is 0 Å². The Morgan fingerprint density at radius 1 is 1.44 bits per heavy atom. The third kappa shape index (κ3) is 3.53. The first-order valence-corrected chi connectivity index (χ1v) is 11.5. The zero-order chi connectivity index (χ0) is 24.1. The van der Waals surface area contributed by atoms with E-state index in [9.17, 15) is 14.7 Å². The van der Waals surface area contributed by atoms with Crippen LogP contribution in [0.15, 0.2) is 27.7 Å². The number of carboxylic acids is 1. The summed E-state index contributed by atoms with van der Waals surface area (Å²) in [6.07, 6.45) is 3.82. The topological polar surface area (TPSA) is 110 Å². The Bertz CT molecular complexity index is 1330. The van der Waals surface area contributed by atoms with Crippen molar-refractivity contribution < 1.29 is 23.4 Å². The second-order valence-electron chi connectivity index (χ2n) is 9.02. The molecule has 34 heavy (non-hydrogen) atoms. The lowest BCUT2D eigenvalue weighted by Crippen LogP contribution is -2.32. The number of carboxylic acid groups (broad SMARTS) is 1. The quantitative estimate of drug-likeness (QED) is 0.565. The number of aryl methyl sites for hydroxylation is 1. The number of hydrogen-bond acceptors (Lipinski definition) is 7. The molecule has 3 atom stereocenters. The van der Waals surface area contributed by atoms with E-state index in [0.29, 0.717) is 30.2 Å². The van der Waals surface area contributed by atoms with Crippen LogP contribution in [0.25, 0.3) is 10.9 Å². The minimum absolute atomic E-state index is 0.0132. The van der Waals surface area contributed by atoms with Gasteiger partial charge in [0.05, 0.1) is 29.2 Å². The van der Waals surface area contributed by atoms with E-state index in [2.05, 4.69) is 10.3 Å². The molecule has 3 aromatic rings. The van der Waals surface area contributed by atoms with Crippen molar-refractivity contribution in [2.75, 3.05) is 31.1 Å². The predicted octanol–water partition coefficient (Wildman–Crippen LogP) is 3.27. The number of halogens is 1. The Kier molecular flexibility index (Phi) is 5.55. The molecule has 9 nitrogen and oxygen atoms in total. The van der Waals surface area contributed by atoms with E-state index in [1.165, 1.54) is 6.20 Å². The van der Waals surface area contributed by atoms with Crippen molar-refractivity contribution in [1.82, 2.24) is 14.9 Å². The Hall–Kier alpha value is -3.40.